The molecule has 1 fully saturated rings. The van der Waals surface area contributed by atoms with E-state index >= 15 is 0 Å². The van der Waals surface area contributed by atoms with Crippen LogP contribution in [0.15, 0.2) is 0 Å². The fourth-order valence-corrected chi connectivity index (χ4v) is 1.39. The standard InChI is InChI=1S/C9H20N4O/c1-10-4-3-9(14)11-13-7-5-12(2)6-8-13/h10H,3-8H2,1-2H3,(H,11,14). The fourth-order valence-electron chi connectivity index (χ4n) is 1.39. The van der Waals surface area contributed by atoms with E-state index in [9.17, 15) is 4.79 Å². The van der Waals surface area contributed by atoms with Gasteiger partial charge in [0.25, 0.3) is 0 Å². The summed E-state index contributed by atoms with van der Waals surface area (Å²) < 4.78 is 0. The number of carbonyl (C=O) groups excluding carboxylic acids is 1. The first kappa shape index (κ1) is 11.4. The molecule has 0 aliphatic carbocycles. The Balaban J connectivity index is 2.14. The van der Waals surface area contributed by atoms with Crippen molar-refractivity contribution in [2.24, 2.45) is 0 Å². The molecule has 1 aliphatic rings. The molecule has 82 valence electrons. The first-order valence-electron chi connectivity index (χ1n) is 5.10. The minimum Gasteiger partial charge on any atom is -0.319 e. The van der Waals surface area contributed by atoms with E-state index in [0.29, 0.717) is 6.42 Å². The predicted molar refractivity (Wildman–Crippen MR) is 55.8 cm³/mol. The van der Waals surface area contributed by atoms with Gasteiger partial charge in [0.15, 0.2) is 0 Å². The number of nitrogens with one attached hydrogen (secondary N) is 2. The van der Waals surface area contributed by atoms with E-state index in [2.05, 4.69) is 22.7 Å². The number of nitrogens with zero attached hydrogens (tertiary/aromatic N) is 2. The fraction of sp³-hybridized carbons (Fsp3) is 0.889. The first-order chi connectivity index (χ1) is 6.72. The SMILES string of the molecule is CNCCC(=O)NN1CCN(C)CC1. The van der Waals surface area contributed by atoms with E-state index in [-0.39, 0.29) is 5.91 Å². The second-order valence-electron chi connectivity index (χ2n) is 3.68. The van der Waals surface area contributed by atoms with Gasteiger partial charge in [-0.1, -0.05) is 0 Å². The maximum atomic E-state index is 11.3. The van der Waals surface area contributed by atoms with Crippen molar-refractivity contribution < 1.29 is 4.79 Å². The van der Waals surface area contributed by atoms with Gasteiger partial charge in [-0.25, -0.2) is 5.01 Å². The molecule has 5 heteroatoms. The zero-order valence-electron chi connectivity index (χ0n) is 9.05. The molecular weight excluding hydrogens is 180 g/mol. The third-order valence-electron chi connectivity index (χ3n) is 2.39. The lowest BCUT2D eigenvalue weighted by molar-refractivity contribution is -0.126. The smallest absolute Gasteiger partial charge is 0.235 e. The molecule has 0 atom stereocenters. The van der Waals surface area contributed by atoms with Gasteiger partial charge >= 0.3 is 0 Å². The van der Waals surface area contributed by atoms with Gasteiger partial charge in [-0.05, 0) is 14.1 Å². The molecule has 0 saturated carbocycles. The Labute approximate surface area is 85.4 Å². The number of rotatable bonds is 4. The number of amides is 1. The minimum atomic E-state index is 0.101. The lowest BCUT2D eigenvalue weighted by Crippen LogP contribution is -2.52. The van der Waals surface area contributed by atoms with Crippen LogP contribution in [-0.2, 0) is 4.79 Å². The van der Waals surface area contributed by atoms with Crippen LogP contribution < -0.4 is 10.7 Å². The quantitative estimate of drug-likeness (QED) is 0.603. The van der Waals surface area contributed by atoms with Crippen molar-refractivity contribution in [2.45, 2.75) is 6.42 Å². The van der Waals surface area contributed by atoms with E-state index < -0.39 is 0 Å². The Morgan fingerprint density at radius 2 is 1.93 bits per heavy atom. The van der Waals surface area contributed by atoms with Crippen LogP contribution in [0, 0.1) is 0 Å². The minimum absolute atomic E-state index is 0.101. The molecule has 1 aliphatic heterocycles. The molecule has 0 aromatic heterocycles. The summed E-state index contributed by atoms with van der Waals surface area (Å²) in [6, 6.07) is 0. The third-order valence-corrected chi connectivity index (χ3v) is 2.39. The Kier molecular flexibility index (Phi) is 4.86. The predicted octanol–water partition coefficient (Wildman–Crippen LogP) is -1.13. The molecule has 0 spiro atoms. The van der Waals surface area contributed by atoms with Crippen molar-refractivity contribution in [3.8, 4) is 0 Å². The van der Waals surface area contributed by atoms with Gasteiger partial charge in [0, 0.05) is 39.1 Å². The second-order valence-corrected chi connectivity index (χ2v) is 3.68. The lowest BCUT2D eigenvalue weighted by atomic mass is 10.4. The van der Waals surface area contributed by atoms with Crippen LogP contribution in [0.4, 0.5) is 0 Å². The van der Waals surface area contributed by atoms with Crippen LogP contribution in [0.5, 0.6) is 0 Å². The molecule has 1 saturated heterocycles. The molecule has 1 amide bonds. The normalized spacial score (nSPS) is 19.6. The highest BCUT2D eigenvalue weighted by atomic mass is 16.2. The Hall–Kier alpha value is -0.650. The van der Waals surface area contributed by atoms with Gasteiger partial charge in [-0.3, -0.25) is 10.2 Å². The van der Waals surface area contributed by atoms with E-state index in [1.54, 1.807) is 0 Å². The van der Waals surface area contributed by atoms with Crippen LogP contribution in [-0.4, -0.2) is 62.6 Å². The Bertz CT molecular complexity index is 178. The molecule has 0 aromatic rings. The molecule has 2 N–H and O–H groups in total. The maximum absolute atomic E-state index is 11.3. The molecule has 14 heavy (non-hydrogen) atoms. The number of likely N-dealkylation sites (N-methyl/N-ethyl adjacent to an activating group) is 1. The number of hydrogen-bond acceptors (Lipinski definition) is 4. The lowest BCUT2D eigenvalue weighted by Gasteiger charge is -2.32. The van der Waals surface area contributed by atoms with Crippen LogP contribution in [0.25, 0.3) is 0 Å². The van der Waals surface area contributed by atoms with E-state index in [1.165, 1.54) is 0 Å². The van der Waals surface area contributed by atoms with Crippen molar-refractivity contribution in [3.63, 3.8) is 0 Å². The van der Waals surface area contributed by atoms with E-state index in [4.69, 9.17) is 0 Å². The summed E-state index contributed by atoms with van der Waals surface area (Å²) in [5, 5.41) is 4.95. The van der Waals surface area contributed by atoms with Crippen molar-refractivity contribution in [1.29, 1.82) is 0 Å². The molecule has 0 aromatic carbocycles. The molecule has 0 unspecified atom stereocenters. The van der Waals surface area contributed by atoms with Crippen LogP contribution in [0.1, 0.15) is 6.42 Å². The summed E-state index contributed by atoms with van der Waals surface area (Å²) in [6.45, 7) is 4.61. The maximum Gasteiger partial charge on any atom is 0.235 e. The zero-order valence-corrected chi connectivity index (χ0v) is 9.05. The topological polar surface area (TPSA) is 47.6 Å². The zero-order chi connectivity index (χ0) is 10.4. The van der Waals surface area contributed by atoms with Gasteiger partial charge in [-0.15, -0.1) is 0 Å². The average molecular weight is 200 g/mol. The highest BCUT2D eigenvalue weighted by Crippen LogP contribution is 1.95. The van der Waals surface area contributed by atoms with Crippen molar-refractivity contribution in [3.05, 3.63) is 0 Å². The van der Waals surface area contributed by atoms with Gasteiger partial charge in [0.05, 0.1) is 0 Å². The van der Waals surface area contributed by atoms with Gasteiger partial charge in [0.1, 0.15) is 0 Å². The number of hydrogen-bond donors (Lipinski definition) is 2. The summed E-state index contributed by atoms with van der Waals surface area (Å²) in [5.74, 6) is 0.101. The van der Waals surface area contributed by atoms with Crippen molar-refractivity contribution >= 4 is 5.91 Å². The summed E-state index contributed by atoms with van der Waals surface area (Å²) in [6.07, 6.45) is 0.544. The molecule has 0 bridgehead atoms. The number of hydrazine groups is 1. The highest BCUT2D eigenvalue weighted by Gasteiger charge is 2.14. The van der Waals surface area contributed by atoms with Gasteiger partial charge < -0.3 is 10.2 Å². The second kappa shape index (κ2) is 5.95. The van der Waals surface area contributed by atoms with Gasteiger partial charge in [0.2, 0.25) is 5.91 Å². The largest absolute Gasteiger partial charge is 0.319 e. The van der Waals surface area contributed by atoms with E-state index in [1.807, 2.05) is 12.1 Å². The van der Waals surface area contributed by atoms with Crippen molar-refractivity contribution in [1.82, 2.24) is 20.7 Å². The Morgan fingerprint density at radius 1 is 1.29 bits per heavy atom. The highest BCUT2D eigenvalue weighted by molar-refractivity contribution is 5.75. The number of carbonyl (C=O) groups is 1. The summed E-state index contributed by atoms with van der Waals surface area (Å²) >= 11 is 0. The third kappa shape index (κ3) is 4.04. The first-order valence-corrected chi connectivity index (χ1v) is 5.10. The summed E-state index contributed by atoms with van der Waals surface area (Å²) in [4.78, 5) is 13.6. The van der Waals surface area contributed by atoms with Crippen LogP contribution in [0.3, 0.4) is 0 Å². The molecule has 1 heterocycles. The monoisotopic (exact) mass is 200 g/mol. The Morgan fingerprint density at radius 3 is 2.50 bits per heavy atom. The molecular formula is C9H20N4O. The molecule has 1 rings (SSSR count). The van der Waals surface area contributed by atoms with E-state index in [0.717, 1.165) is 32.7 Å². The van der Waals surface area contributed by atoms with Gasteiger partial charge in [-0.2, -0.15) is 0 Å². The van der Waals surface area contributed by atoms with Crippen LogP contribution in [0.2, 0.25) is 0 Å². The summed E-state index contributed by atoms with van der Waals surface area (Å²) in [7, 11) is 3.95. The van der Waals surface area contributed by atoms with Crippen LogP contribution >= 0.6 is 0 Å². The molecule has 0 radical (unpaired) electrons. The molecule has 5 nitrogen and oxygen atoms in total. The average Bonchev–Trinajstić information content (AvgIpc) is 2.18. The number of piperazine rings is 1. The van der Waals surface area contributed by atoms with Crippen molar-refractivity contribution in [2.75, 3.05) is 46.8 Å². The summed E-state index contributed by atoms with van der Waals surface area (Å²) in [5.41, 5.74) is 2.90.